The summed E-state index contributed by atoms with van der Waals surface area (Å²) in [6.45, 7) is 14.8. The van der Waals surface area contributed by atoms with Crippen LogP contribution in [-0.4, -0.2) is 51.4 Å². The summed E-state index contributed by atoms with van der Waals surface area (Å²) in [5.74, 6) is 0.827. The normalized spacial score (nSPS) is 23.1. The summed E-state index contributed by atoms with van der Waals surface area (Å²) >= 11 is 0. The first-order valence-electron chi connectivity index (χ1n) is 13.4. The number of ether oxygens (including phenoxy) is 1. The van der Waals surface area contributed by atoms with Crippen LogP contribution in [0, 0.1) is 0 Å². The van der Waals surface area contributed by atoms with Crippen LogP contribution < -0.4 is 5.46 Å². The lowest BCUT2D eigenvalue weighted by atomic mass is 9.70. The fraction of sp³-hybridized carbons (Fsp3) is 0.643. The van der Waals surface area contributed by atoms with E-state index in [9.17, 15) is 4.79 Å². The maximum Gasteiger partial charge on any atom is 0.495 e. The minimum Gasteiger partial charge on any atom is -0.444 e. The van der Waals surface area contributed by atoms with Crippen LogP contribution in [0.1, 0.15) is 97.1 Å². The zero-order valence-corrected chi connectivity index (χ0v) is 22.9. The molecule has 1 aromatic heterocycles. The maximum atomic E-state index is 12.8. The van der Waals surface area contributed by atoms with E-state index in [4.69, 9.17) is 19.0 Å². The third kappa shape index (κ3) is 4.58. The first-order chi connectivity index (χ1) is 16.9. The van der Waals surface area contributed by atoms with Crippen molar-refractivity contribution in [3.8, 4) is 11.3 Å². The fourth-order valence-electron chi connectivity index (χ4n) is 5.57. The van der Waals surface area contributed by atoms with Gasteiger partial charge in [0.05, 0.1) is 29.1 Å². The number of carbonyl (C=O) groups is 1. The number of benzene rings is 1. The molecular formula is C28H40BN3O4. The van der Waals surface area contributed by atoms with Gasteiger partial charge in [-0.15, -0.1) is 0 Å². The van der Waals surface area contributed by atoms with Crippen molar-refractivity contribution in [2.75, 3.05) is 6.54 Å². The van der Waals surface area contributed by atoms with Crippen molar-refractivity contribution in [1.29, 1.82) is 0 Å². The van der Waals surface area contributed by atoms with E-state index in [2.05, 4.69) is 44.8 Å². The highest BCUT2D eigenvalue weighted by atomic mass is 16.7. The summed E-state index contributed by atoms with van der Waals surface area (Å²) in [7, 11) is -0.353. The average Bonchev–Trinajstić information content (AvgIpc) is 3.49. The molecule has 7 nitrogen and oxygen atoms in total. The molecule has 0 radical (unpaired) electrons. The van der Waals surface area contributed by atoms with Gasteiger partial charge in [0.25, 0.3) is 0 Å². The van der Waals surface area contributed by atoms with Gasteiger partial charge in [0.1, 0.15) is 11.4 Å². The number of aromatic nitrogens is 2. The molecule has 1 atom stereocenters. The third-order valence-corrected chi connectivity index (χ3v) is 8.16. The molecule has 2 saturated heterocycles. The lowest BCUT2D eigenvalue weighted by molar-refractivity contribution is 0.00578. The summed E-state index contributed by atoms with van der Waals surface area (Å²) in [6, 6.07) is 4.26. The van der Waals surface area contributed by atoms with Gasteiger partial charge in [0, 0.05) is 12.1 Å². The Labute approximate surface area is 215 Å². The Morgan fingerprint density at radius 2 is 1.75 bits per heavy atom. The number of rotatable bonds is 3. The van der Waals surface area contributed by atoms with E-state index in [1.54, 1.807) is 0 Å². The van der Waals surface area contributed by atoms with Crippen LogP contribution in [0.2, 0.25) is 0 Å². The van der Waals surface area contributed by atoms with E-state index in [-0.39, 0.29) is 30.5 Å². The monoisotopic (exact) mass is 493 g/mol. The summed E-state index contributed by atoms with van der Waals surface area (Å²) in [6.07, 6.45) is 7.86. The number of aromatic amines is 1. The molecule has 1 amide bonds. The molecule has 2 aliphatic heterocycles. The molecule has 2 aromatic rings. The van der Waals surface area contributed by atoms with Crippen molar-refractivity contribution in [3.63, 3.8) is 0 Å². The maximum absolute atomic E-state index is 12.8. The molecule has 5 rings (SSSR count). The number of fused-ring (bicyclic) bond motifs is 1. The van der Waals surface area contributed by atoms with E-state index >= 15 is 0 Å². The molecule has 3 heterocycles. The lowest BCUT2D eigenvalue weighted by Gasteiger charge is -2.32. The van der Waals surface area contributed by atoms with Gasteiger partial charge in [-0.05, 0) is 104 Å². The molecule has 2 fully saturated rings. The SMILES string of the molecule is CC(C)(C)OC(=O)N1CCC[C@H]1c1ncc(-c2ccc(B3OC(C)(C)C(C)(C)O3)c3c2CCCC3)[nH]1. The molecule has 1 N–H and O–H groups in total. The number of likely N-dealkylation sites (tertiary alicyclic amines) is 1. The van der Waals surface area contributed by atoms with Crippen LogP contribution in [-0.2, 0) is 26.9 Å². The van der Waals surface area contributed by atoms with Crippen LogP contribution in [0.5, 0.6) is 0 Å². The predicted octanol–water partition coefficient (Wildman–Crippen LogP) is 5.33. The second-order valence-corrected chi connectivity index (χ2v) is 12.5. The topological polar surface area (TPSA) is 76.7 Å². The highest BCUT2D eigenvalue weighted by Gasteiger charge is 2.52. The number of carbonyl (C=O) groups excluding carboxylic acids is 1. The van der Waals surface area contributed by atoms with Gasteiger partial charge in [-0.25, -0.2) is 9.78 Å². The number of imidazole rings is 1. The van der Waals surface area contributed by atoms with E-state index < -0.39 is 5.60 Å². The minimum atomic E-state index is -0.517. The van der Waals surface area contributed by atoms with Gasteiger partial charge in [0.15, 0.2) is 0 Å². The average molecular weight is 493 g/mol. The summed E-state index contributed by atoms with van der Waals surface area (Å²) < 4.78 is 18.5. The van der Waals surface area contributed by atoms with Gasteiger partial charge < -0.3 is 19.0 Å². The largest absolute Gasteiger partial charge is 0.495 e. The van der Waals surface area contributed by atoms with Crippen molar-refractivity contribution in [2.45, 2.75) is 110 Å². The van der Waals surface area contributed by atoms with E-state index in [0.29, 0.717) is 6.54 Å². The van der Waals surface area contributed by atoms with Gasteiger partial charge in [-0.1, -0.05) is 12.1 Å². The van der Waals surface area contributed by atoms with Crippen molar-refractivity contribution < 1.29 is 18.8 Å². The van der Waals surface area contributed by atoms with Crippen LogP contribution >= 0.6 is 0 Å². The summed E-state index contributed by atoms with van der Waals surface area (Å²) in [4.78, 5) is 22.9. The fourth-order valence-corrected chi connectivity index (χ4v) is 5.57. The van der Waals surface area contributed by atoms with Gasteiger partial charge in [-0.2, -0.15) is 0 Å². The number of nitrogens with zero attached hydrogens (tertiary/aromatic N) is 2. The van der Waals surface area contributed by atoms with Crippen LogP contribution in [0.25, 0.3) is 11.3 Å². The van der Waals surface area contributed by atoms with Crippen molar-refractivity contribution >= 4 is 18.7 Å². The molecule has 0 bridgehead atoms. The van der Waals surface area contributed by atoms with Crippen molar-refractivity contribution in [3.05, 3.63) is 35.3 Å². The molecule has 3 aliphatic rings. The van der Waals surface area contributed by atoms with E-state index in [1.807, 2.05) is 31.9 Å². The first-order valence-corrected chi connectivity index (χ1v) is 13.4. The summed E-state index contributed by atoms with van der Waals surface area (Å²) in [5, 5.41) is 0. The minimum absolute atomic E-state index is 0.0894. The first kappa shape index (κ1) is 25.3. The number of amides is 1. The van der Waals surface area contributed by atoms with Crippen LogP contribution in [0.15, 0.2) is 18.3 Å². The Hall–Kier alpha value is -2.32. The molecule has 0 saturated carbocycles. The Balaban J connectivity index is 1.44. The number of nitrogens with one attached hydrogen (secondary N) is 1. The highest BCUT2D eigenvalue weighted by Crippen LogP contribution is 2.39. The van der Waals surface area contributed by atoms with Crippen LogP contribution in [0.4, 0.5) is 4.79 Å². The van der Waals surface area contributed by atoms with E-state index in [1.165, 1.54) is 29.5 Å². The second-order valence-electron chi connectivity index (χ2n) is 12.5. The summed E-state index contributed by atoms with van der Waals surface area (Å²) in [5.41, 5.74) is 4.80. The molecule has 0 unspecified atom stereocenters. The van der Waals surface area contributed by atoms with E-state index in [0.717, 1.165) is 42.7 Å². The molecule has 8 heteroatoms. The number of hydrogen-bond donors (Lipinski definition) is 1. The zero-order chi connectivity index (χ0) is 25.9. The Morgan fingerprint density at radius 1 is 1.08 bits per heavy atom. The Bertz CT molecular complexity index is 1130. The quantitative estimate of drug-likeness (QED) is 0.586. The van der Waals surface area contributed by atoms with Crippen molar-refractivity contribution in [1.82, 2.24) is 14.9 Å². The molecule has 194 valence electrons. The van der Waals surface area contributed by atoms with Crippen LogP contribution in [0.3, 0.4) is 0 Å². The third-order valence-electron chi connectivity index (χ3n) is 8.16. The molecule has 1 aliphatic carbocycles. The van der Waals surface area contributed by atoms with Gasteiger partial charge in [0.2, 0.25) is 0 Å². The van der Waals surface area contributed by atoms with Crippen molar-refractivity contribution in [2.24, 2.45) is 0 Å². The smallest absolute Gasteiger partial charge is 0.444 e. The molecule has 1 aromatic carbocycles. The predicted molar refractivity (Wildman–Crippen MR) is 141 cm³/mol. The zero-order valence-electron chi connectivity index (χ0n) is 22.9. The standard InChI is InChI=1S/C28H40BN3O4/c1-26(2,3)34-25(33)32-16-10-13-23(32)24-30-17-22(31-24)20-14-15-21(19-12-9-8-11-18(19)20)29-35-27(4,5)28(6,7)36-29/h14-15,17,23H,8-13,16H2,1-7H3,(H,30,31)/t23-/m0/s1. The highest BCUT2D eigenvalue weighted by molar-refractivity contribution is 6.62. The van der Waals surface area contributed by atoms with Gasteiger partial charge in [-0.3, -0.25) is 4.90 Å². The lowest BCUT2D eigenvalue weighted by Crippen LogP contribution is -2.41. The Morgan fingerprint density at radius 3 is 2.42 bits per heavy atom. The molecule has 0 spiro atoms. The number of hydrogen-bond acceptors (Lipinski definition) is 5. The second kappa shape index (κ2) is 8.91. The van der Waals surface area contributed by atoms with Gasteiger partial charge >= 0.3 is 13.2 Å². The number of H-pyrrole nitrogens is 1. The molecule has 36 heavy (non-hydrogen) atoms. The Kier molecular flexibility index (Phi) is 6.27. The molecular weight excluding hydrogens is 453 g/mol.